The molecule has 16 heavy (non-hydrogen) atoms. The van der Waals surface area contributed by atoms with E-state index in [1.807, 2.05) is 0 Å². The van der Waals surface area contributed by atoms with Crippen molar-refractivity contribution in [3.63, 3.8) is 0 Å². The topological polar surface area (TPSA) is 21.3 Å². The molecule has 1 aliphatic heterocycles. The molecule has 0 saturated carbocycles. The van der Waals surface area contributed by atoms with Crippen LogP contribution in [0.15, 0.2) is 18.2 Å². The van der Waals surface area contributed by atoms with E-state index < -0.39 is 0 Å². The summed E-state index contributed by atoms with van der Waals surface area (Å²) in [7, 11) is 1.74. The number of fused-ring (bicyclic) bond motifs is 3. The SMILES string of the molecule is COc1ccc2c(c1)CCC1CCCNC21. The summed E-state index contributed by atoms with van der Waals surface area (Å²) in [6.07, 6.45) is 5.28. The van der Waals surface area contributed by atoms with E-state index in [1.165, 1.54) is 43.4 Å². The van der Waals surface area contributed by atoms with Crippen LogP contribution < -0.4 is 10.1 Å². The highest BCUT2D eigenvalue weighted by Gasteiger charge is 2.31. The first kappa shape index (κ1) is 10.2. The van der Waals surface area contributed by atoms with Crippen molar-refractivity contribution in [3.8, 4) is 5.75 Å². The van der Waals surface area contributed by atoms with Gasteiger partial charge in [0.1, 0.15) is 5.75 Å². The van der Waals surface area contributed by atoms with Crippen molar-refractivity contribution < 1.29 is 4.74 Å². The Balaban J connectivity index is 1.96. The van der Waals surface area contributed by atoms with E-state index in [1.54, 1.807) is 7.11 Å². The third-order valence-corrected chi connectivity index (χ3v) is 4.06. The second-order valence-electron chi connectivity index (χ2n) is 4.94. The van der Waals surface area contributed by atoms with E-state index in [4.69, 9.17) is 4.74 Å². The van der Waals surface area contributed by atoms with Crippen LogP contribution >= 0.6 is 0 Å². The Morgan fingerprint density at radius 3 is 3.12 bits per heavy atom. The van der Waals surface area contributed by atoms with Crippen LogP contribution in [0.1, 0.15) is 36.4 Å². The van der Waals surface area contributed by atoms with Crippen LogP contribution in [-0.2, 0) is 6.42 Å². The molecule has 1 fully saturated rings. The molecule has 0 aromatic heterocycles. The van der Waals surface area contributed by atoms with Gasteiger partial charge in [0.05, 0.1) is 7.11 Å². The van der Waals surface area contributed by atoms with Gasteiger partial charge in [0, 0.05) is 6.04 Å². The summed E-state index contributed by atoms with van der Waals surface area (Å²) in [5.41, 5.74) is 2.99. The molecule has 2 atom stereocenters. The summed E-state index contributed by atoms with van der Waals surface area (Å²) in [6.45, 7) is 1.17. The molecule has 1 N–H and O–H groups in total. The molecule has 1 aromatic carbocycles. The number of rotatable bonds is 1. The van der Waals surface area contributed by atoms with Crippen LogP contribution in [0.25, 0.3) is 0 Å². The average Bonchev–Trinajstić information content (AvgIpc) is 2.38. The van der Waals surface area contributed by atoms with Gasteiger partial charge in [-0.05, 0) is 61.4 Å². The Morgan fingerprint density at radius 1 is 1.31 bits per heavy atom. The predicted octanol–water partition coefficient (Wildman–Crippen LogP) is 2.68. The largest absolute Gasteiger partial charge is 0.497 e. The number of nitrogens with one attached hydrogen (secondary N) is 1. The standard InChI is InChI=1S/C14H19NO/c1-16-12-6-7-13-11(9-12)5-4-10-3-2-8-15-14(10)13/h6-7,9-10,14-15H,2-5,8H2,1H3. The van der Waals surface area contributed by atoms with E-state index in [9.17, 15) is 0 Å². The average molecular weight is 217 g/mol. The Bertz CT molecular complexity index is 388. The lowest BCUT2D eigenvalue weighted by molar-refractivity contribution is 0.254. The van der Waals surface area contributed by atoms with Crippen molar-refractivity contribution in [2.45, 2.75) is 31.7 Å². The second kappa shape index (κ2) is 4.10. The number of ether oxygens (including phenoxy) is 1. The number of piperidine rings is 1. The summed E-state index contributed by atoms with van der Waals surface area (Å²) >= 11 is 0. The van der Waals surface area contributed by atoms with Crippen molar-refractivity contribution in [1.29, 1.82) is 0 Å². The molecular formula is C14H19NO. The zero-order chi connectivity index (χ0) is 11.0. The summed E-state index contributed by atoms with van der Waals surface area (Å²) < 4.78 is 5.30. The van der Waals surface area contributed by atoms with Gasteiger partial charge in [-0.25, -0.2) is 0 Å². The van der Waals surface area contributed by atoms with Crippen molar-refractivity contribution in [1.82, 2.24) is 5.32 Å². The lowest BCUT2D eigenvalue weighted by atomic mass is 9.76. The first-order chi connectivity index (χ1) is 7.88. The van der Waals surface area contributed by atoms with Crippen LogP contribution in [0, 0.1) is 5.92 Å². The third kappa shape index (κ3) is 1.61. The minimum atomic E-state index is 0.600. The van der Waals surface area contributed by atoms with Crippen molar-refractivity contribution >= 4 is 0 Å². The van der Waals surface area contributed by atoms with Crippen LogP contribution in [-0.4, -0.2) is 13.7 Å². The van der Waals surface area contributed by atoms with Gasteiger partial charge in [-0.2, -0.15) is 0 Å². The molecule has 0 radical (unpaired) electrons. The summed E-state index contributed by atoms with van der Waals surface area (Å²) in [6, 6.07) is 7.16. The quantitative estimate of drug-likeness (QED) is 0.781. The molecule has 0 bridgehead atoms. The summed E-state index contributed by atoms with van der Waals surface area (Å²) in [5, 5.41) is 3.67. The predicted molar refractivity (Wildman–Crippen MR) is 64.8 cm³/mol. The minimum absolute atomic E-state index is 0.600. The first-order valence-electron chi connectivity index (χ1n) is 6.28. The smallest absolute Gasteiger partial charge is 0.119 e. The number of aryl methyl sites for hydroxylation is 1. The van der Waals surface area contributed by atoms with Gasteiger partial charge in [-0.15, -0.1) is 0 Å². The third-order valence-electron chi connectivity index (χ3n) is 4.06. The van der Waals surface area contributed by atoms with Crippen molar-refractivity contribution in [3.05, 3.63) is 29.3 Å². The molecular weight excluding hydrogens is 198 g/mol. The summed E-state index contributed by atoms with van der Waals surface area (Å²) in [4.78, 5) is 0. The molecule has 2 unspecified atom stereocenters. The minimum Gasteiger partial charge on any atom is -0.497 e. The molecule has 2 nitrogen and oxygen atoms in total. The molecule has 86 valence electrons. The molecule has 1 saturated heterocycles. The summed E-state index contributed by atoms with van der Waals surface area (Å²) in [5.74, 6) is 1.85. The van der Waals surface area contributed by atoms with Crippen LogP contribution in [0.3, 0.4) is 0 Å². The van der Waals surface area contributed by atoms with Crippen LogP contribution in [0.4, 0.5) is 0 Å². The number of methoxy groups -OCH3 is 1. The maximum Gasteiger partial charge on any atom is 0.119 e. The Morgan fingerprint density at radius 2 is 2.25 bits per heavy atom. The van der Waals surface area contributed by atoms with Gasteiger partial charge in [0.15, 0.2) is 0 Å². The maximum absolute atomic E-state index is 5.30. The Labute approximate surface area is 97.0 Å². The highest BCUT2D eigenvalue weighted by molar-refractivity contribution is 5.39. The van der Waals surface area contributed by atoms with Crippen molar-refractivity contribution in [2.24, 2.45) is 5.92 Å². The molecule has 1 aliphatic carbocycles. The van der Waals surface area contributed by atoms with Gasteiger partial charge in [-0.3, -0.25) is 0 Å². The zero-order valence-corrected chi connectivity index (χ0v) is 9.83. The highest BCUT2D eigenvalue weighted by atomic mass is 16.5. The van der Waals surface area contributed by atoms with Crippen molar-refractivity contribution in [2.75, 3.05) is 13.7 Å². The molecule has 2 aliphatic rings. The fraction of sp³-hybridized carbons (Fsp3) is 0.571. The Hall–Kier alpha value is -1.02. The molecule has 0 spiro atoms. The number of benzene rings is 1. The second-order valence-corrected chi connectivity index (χ2v) is 4.94. The zero-order valence-electron chi connectivity index (χ0n) is 9.83. The van der Waals surface area contributed by atoms with Crippen LogP contribution in [0.2, 0.25) is 0 Å². The van der Waals surface area contributed by atoms with E-state index in [-0.39, 0.29) is 0 Å². The maximum atomic E-state index is 5.30. The molecule has 2 heteroatoms. The molecule has 3 rings (SSSR count). The Kier molecular flexibility index (Phi) is 2.60. The van der Waals surface area contributed by atoms with Gasteiger partial charge in [0.2, 0.25) is 0 Å². The lowest BCUT2D eigenvalue weighted by Gasteiger charge is -2.38. The van der Waals surface area contributed by atoms with Gasteiger partial charge in [-0.1, -0.05) is 6.07 Å². The fourth-order valence-corrected chi connectivity index (χ4v) is 3.20. The number of hydrogen-bond donors (Lipinski definition) is 1. The van der Waals surface area contributed by atoms with E-state index >= 15 is 0 Å². The number of hydrogen-bond acceptors (Lipinski definition) is 2. The normalized spacial score (nSPS) is 28.1. The van der Waals surface area contributed by atoms with E-state index in [2.05, 4.69) is 23.5 Å². The fourth-order valence-electron chi connectivity index (χ4n) is 3.20. The van der Waals surface area contributed by atoms with E-state index in [0.29, 0.717) is 6.04 Å². The van der Waals surface area contributed by atoms with Gasteiger partial charge in [0.25, 0.3) is 0 Å². The van der Waals surface area contributed by atoms with Crippen LogP contribution in [0.5, 0.6) is 5.75 Å². The lowest BCUT2D eigenvalue weighted by Crippen LogP contribution is -2.37. The highest BCUT2D eigenvalue weighted by Crippen LogP contribution is 2.39. The molecule has 1 heterocycles. The molecule has 1 aromatic rings. The molecule has 0 amide bonds. The van der Waals surface area contributed by atoms with E-state index in [0.717, 1.165) is 11.7 Å². The first-order valence-corrected chi connectivity index (χ1v) is 6.28. The van der Waals surface area contributed by atoms with Gasteiger partial charge < -0.3 is 10.1 Å². The monoisotopic (exact) mass is 217 g/mol. The van der Waals surface area contributed by atoms with Gasteiger partial charge >= 0.3 is 0 Å².